The van der Waals surface area contributed by atoms with E-state index in [1.165, 1.54) is 0 Å². The Morgan fingerprint density at radius 3 is 3.04 bits per heavy atom. The molecule has 26 heavy (non-hydrogen) atoms. The van der Waals surface area contributed by atoms with Gasteiger partial charge in [-0.05, 0) is 31.9 Å². The Kier molecular flexibility index (Phi) is 4.49. The van der Waals surface area contributed by atoms with Crippen molar-refractivity contribution in [1.82, 2.24) is 19.9 Å². The zero-order valence-electron chi connectivity index (χ0n) is 14.4. The Morgan fingerprint density at radius 1 is 1.38 bits per heavy atom. The van der Waals surface area contributed by atoms with Gasteiger partial charge in [0.15, 0.2) is 5.82 Å². The molecule has 1 aliphatic rings. The van der Waals surface area contributed by atoms with Gasteiger partial charge >= 0.3 is 0 Å². The standard InChI is InChI=1S/C18H19N5O3/c1-12-20-18(26-22-12)16-7-3-2-6-15(16)17(24)21-13-9-19-23(10-13)11-14-5-4-8-25-14/h2-3,6-7,9-10,14H,4-5,8,11H2,1H3,(H,21,24). The summed E-state index contributed by atoms with van der Waals surface area (Å²) in [4.78, 5) is 16.9. The fourth-order valence-corrected chi connectivity index (χ4v) is 3.00. The molecule has 0 saturated carbocycles. The molecule has 1 amide bonds. The molecule has 1 unspecified atom stereocenters. The third-order valence-corrected chi connectivity index (χ3v) is 4.24. The predicted octanol–water partition coefficient (Wildman–Crippen LogP) is 2.67. The molecule has 1 fully saturated rings. The van der Waals surface area contributed by atoms with E-state index in [9.17, 15) is 4.79 Å². The lowest BCUT2D eigenvalue weighted by Crippen LogP contribution is -2.15. The van der Waals surface area contributed by atoms with Gasteiger partial charge < -0.3 is 14.6 Å². The SMILES string of the molecule is Cc1noc(-c2ccccc2C(=O)Nc2cnn(CC3CCCO3)c2)n1. The van der Waals surface area contributed by atoms with Crippen LogP contribution in [0.25, 0.3) is 11.5 Å². The number of carbonyl (C=O) groups is 1. The summed E-state index contributed by atoms with van der Waals surface area (Å²) in [6.45, 7) is 3.23. The fraction of sp³-hybridized carbons (Fsp3) is 0.333. The lowest BCUT2D eigenvalue weighted by Gasteiger charge is -2.08. The van der Waals surface area contributed by atoms with Crippen LogP contribution in [0.15, 0.2) is 41.2 Å². The van der Waals surface area contributed by atoms with E-state index in [0.717, 1.165) is 19.4 Å². The first-order valence-electron chi connectivity index (χ1n) is 8.54. The maximum Gasteiger partial charge on any atom is 0.258 e. The number of amides is 1. The molecule has 1 saturated heterocycles. The second-order valence-corrected chi connectivity index (χ2v) is 6.23. The number of nitrogens with one attached hydrogen (secondary N) is 1. The van der Waals surface area contributed by atoms with Crippen molar-refractivity contribution >= 4 is 11.6 Å². The van der Waals surface area contributed by atoms with Crippen LogP contribution in [0.3, 0.4) is 0 Å². The van der Waals surface area contributed by atoms with Crippen LogP contribution in [0, 0.1) is 6.92 Å². The van der Waals surface area contributed by atoms with Gasteiger partial charge in [-0.1, -0.05) is 17.3 Å². The average molecular weight is 353 g/mol. The largest absolute Gasteiger partial charge is 0.376 e. The van der Waals surface area contributed by atoms with E-state index in [4.69, 9.17) is 9.26 Å². The van der Waals surface area contributed by atoms with E-state index in [1.54, 1.807) is 42.2 Å². The van der Waals surface area contributed by atoms with Crippen molar-refractivity contribution < 1.29 is 14.1 Å². The average Bonchev–Trinajstić information content (AvgIpc) is 3.39. The van der Waals surface area contributed by atoms with Crippen molar-refractivity contribution in [2.75, 3.05) is 11.9 Å². The summed E-state index contributed by atoms with van der Waals surface area (Å²) < 4.78 is 12.6. The molecule has 0 radical (unpaired) electrons. The fourth-order valence-electron chi connectivity index (χ4n) is 3.00. The van der Waals surface area contributed by atoms with Gasteiger partial charge in [-0.2, -0.15) is 10.1 Å². The summed E-state index contributed by atoms with van der Waals surface area (Å²) in [7, 11) is 0. The molecule has 4 rings (SSSR count). The molecule has 134 valence electrons. The summed E-state index contributed by atoms with van der Waals surface area (Å²) in [6, 6.07) is 7.12. The number of nitrogens with zero attached hydrogens (tertiary/aromatic N) is 4. The maximum absolute atomic E-state index is 12.7. The highest BCUT2D eigenvalue weighted by Gasteiger charge is 2.19. The number of hydrogen-bond donors (Lipinski definition) is 1. The van der Waals surface area contributed by atoms with Crippen LogP contribution in [-0.2, 0) is 11.3 Å². The number of benzene rings is 1. The van der Waals surface area contributed by atoms with Crippen molar-refractivity contribution in [3.05, 3.63) is 48.0 Å². The first-order chi connectivity index (χ1) is 12.7. The van der Waals surface area contributed by atoms with Crippen LogP contribution in [0.4, 0.5) is 5.69 Å². The molecule has 0 bridgehead atoms. The summed E-state index contributed by atoms with van der Waals surface area (Å²) >= 11 is 0. The minimum atomic E-state index is -0.256. The molecule has 8 heteroatoms. The lowest BCUT2D eigenvalue weighted by atomic mass is 10.1. The van der Waals surface area contributed by atoms with E-state index in [2.05, 4.69) is 20.6 Å². The summed E-state index contributed by atoms with van der Waals surface area (Å²) in [5, 5.41) is 10.9. The number of ether oxygens (including phenoxy) is 1. The number of aromatic nitrogens is 4. The van der Waals surface area contributed by atoms with E-state index < -0.39 is 0 Å². The Bertz CT molecular complexity index is 911. The highest BCUT2D eigenvalue weighted by atomic mass is 16.5. The van der Waals surface area contributed by atoms with Gasteiger partial charge in [0.05, 0.1) is 35.7 Å². The van der Waals surface area contributed by atoms with Crippen molar-refractivity contribution in [3.63, 3.8) is 0 Å². The van der Waals surface area contributed by atoms with Gasteiger partial charge in [-0.3, -0.25) is 9.48 Å². The Hall–Kier alpha value is -3.00. The van der Waals surface area contributed by atoms with E-state index >= 15 is 0 Å². The summed E-state index contributed by atoms with van der Waals surface area (Å²) in [6.07, 6.45) is 5.76. The van der Waals surface area contributed by atoms with E-state index in [-0.39, 0.29) is 12.0 Å². The summed E-state index contributed by atoms with van der Waals surface area (Å²) in [5.41, 5.74) is 1.69. The smallest absolute Gasteiger partial charge is 0.258 e. The maximum atomic E-state index is 12.7. The van der Waals surface area contributed by atoms with E-state index in [1.807, 2.05) is 6.07 Å². The molecule has 0 aliphatic carbocycles. The molecule has 2 aromatic heterocycles. The molecule has 1 aliphatic heterocycles. The van der Waals surface area contributed by atoms with Crippen molar-refractivity contribution in [3.8, 4) is 11.5 Å². The molecular weight excluding hydrogens is 334 g/mol. The van der Waals surface area contributed by atoms with Gasteiger partial charge in [0.25, 0.3) is 11.8 Å². The topological polar surface area (TPSA) is 95.1 Å². The molecular formula is C18H19N5O3. The zero-order chi connectivity index (χ0) is 17.9. The van der Waals surface area contributed by atoms with Gasteiger partial charge in [0, 0.05) is 12.8 Å². The van der Waals surface area contributed by atoms with Crippen molar-refractivity contribution in [2.24, 2.45) is 0 Å². The lowest BCUT2D eigenvalue weighted by molar-refractivity contribution is 0.0940. The zero-order valence-corrected chi connectivity index (χ0v) is 14.4. The molecule has 1 atom stereocenters. The molecule has 3 aromatic rings. The number of anilines is 1. The first-order valence-corrected chi connectivity index (χ1v) is 8.54. The third kappa shape index (κ3) is 3.50. The van der Waals surface area contributed by atoms with Gasteiger partial charge in [0.1, 0.15) is 0 Å². The Morgan fingerprint density at radius 2 is 2.27 bits per heavy atom. The Balaban J connectivity index is 1.49. The third-order valence-electron chi connectivity index (χ3n) is 4.24. The van der Waals surface area contributed by atoms with Gasteiger partial charge in [0.2, 0.25) is 0 Å². The highest BCUT2D eigenvalue weighted by Crippen LogP contribution is 2.23. The number of carbonyl (C=O) groups excluding carboxylic acids is 1. The Labute approximate surface area is 150 Å². The number of aryl methyl sites for hydroxylation is 1. The van der Waals surface area contributed by atoms with Crippen LogP contribution in [0.1, 0.15) is 29.0 Å². The van der Waals surface area contributed by atoms with Crippen LogP contribution in [-0.4, -0.2) is 38.5 Å². The molecule has 1 aromatic carbocycles. The molecule has 8 nitrogen and oxygen atoms in total. The number of hydrogen-bond acceptors (Lipinski definition) is 6. The molecule has 0 spiro atoms. The normalized spacial score (nSPS) is 16.7. The molecule has 3 heterocycles. The van der Waals surface area contributed by atoms with Gasteiger partial charge in [-0.15, -0.1) is 0 Å². The quantitative estimate of drug-likeness (QED) is 0.758. The summed E-state index contributed by atoms with van der Waals surface area (Å²) in [5.74, 6) is 0.584. The first kappa shape index (κ1) is 16.5. The minimum absolute atomic E-state index is 0.194. The van der Waals surface area contributed by atoms with Gasteiger partial charge in [-0.25, -0.2) is 0 Å². The van der Waals surface area contributed by atoms with Crippen LogP contribution in [0.2, 0.25) is 0 Å². The van der Waals surface area contributed by atoms with Crippen LogP contribution < -0.4 is 5.32 Å². The minimum Gasteiger partial charge on any atom is -0.376 e. The van der Waals surface area contributed by atoms with Crippen molar-refractivity contribution in [1.29, 1.82) is 0 Å². The van der Waals surface area contributed by atoms with Crippen molar-refractivity contribution in [2.45, 2.75) is 32.4 Å². The van der Waals surface area contributed by atoms with Crippen LogP contribution in [0.5, 0.6) is 0 Å². The number of rotatable bonds is 5. The van der Waals surface area contributed by atoms with E-state index in [0.29, 0.717) is 35.1 Å². The highest BCUT2D eigenvalue weighted by molar-refractivity contribution is 6.08. The second kappa shape index (κ2) is 7.09. The molecule has 1 N–H and O–H groups in total. The monoisotopic (exact) mass is 353 g/mol. The second-order valence-electron chi connectivity index (χ2n) is 6.23. The van der Waals surface area contributed by atoms with Crippen LogP contribution >= 0.6 is 0 Å². The predicted molar refractivity (Wildman–Crippen MR) is 93.6 cm³/mol.